The summed E-state index contributed by atoms with van der Waals surface area (Å²) >= 11 is 0. The molecular weight excluding hydrogens is 177 g/mol. The molecule has 0 rings (SSSR count). The Bertz CT molecular complexity index is 247. The average molecular weight is 183 g/mol. The first-order chi connectivity index (χ1) is 4.95. The van der Waals surface area contributed by atoms with E-state index in [2.05, 4.69) is 11.3 Å². The second-order valence-corrected chi connectivity index (χ2v) is 2.51. The van der Waals surface area contributed by atoms with Gasteiger partial charge in [-0.25, -0.2) is 4.79 Å². The summed E-state index contributed by atoms with van der Waals surface area (Å²) in [7, 11) is -5.01. The molecule has 0 radical (unpaired) electrons. The molecule has 0 unspecified atom stereocenters. The molecule has 0 bridgehead atoms. The molecule has 64 valence electrons. The molecule has 0 atom stereocenters. The van der Waals surface area contributed by atoms with Crippen LogP contribution in [-0.4, -0.2) is 21.1 Å². The molecule has 1 amide bonds. The van der Waals surface area contributed by atoms with Crippen LogP contribution in [0, 0.1) is 0 Å². The van der Waals surface area contributed by atoms with Crippen molar-refractivity contribution in [3.8, 4) is 0 Å². The maximum atomic E-state index is 11.6. The van der Waals surface area contributed by atoms with E-state index < -0.39 is 16.5 Å². The molecule has 0 fully saturated rings. The standard InChI is InChI=1S/C4H6FNO4S/c1-2-3-10-4(7)6-11(5,8)9/h2H,1,3H2,(H,6,7). The lowest BCUT2D eigenvalue weighted by atomic mass is 10.7. The zero-order valence-electron chi connectivity index (χ0n) is 5.41. The number of hydrogen-bond acceptors (Lipinski definition) is 4. The van der Waals surface area contributed by atoms with E-state index in [4.69, 9.17) is 0 Å². The first kappa shape index (κ1) is 9.89. The van der Waals surface area contributed by atoms with Crippen molar-refractivity contribution in [1.29, 1.82) is 0 Å². The number of nitrogens with one attached hydrogen (secondary N) is 1. The van der Waals surface area contributed by atoms with E-state index in [0.29, 0.717) is 0 Å². The summed E-state index contributed by atoms with van der Waals surface area (Å²) in [5, 5.41) is 0. The third kappa shape index (κ3) is 6.78. The number of halogens is 1. The molecule has 0 aliphatic heterocycles. The maximum absolute atomic E-state index is 11.6. The highest BCUT2D eigenvalue weighted by Crippen LogP contribution is 1.85. The summed E-state index contributed by atoms with van der Waals surface area (Å²) in [5.74, 6) is 0. The zero-order valence-corrected chi connectivity index (χ0v) is 6.23. The smallest absolute Gasteiger partial charge is 0.423 e. The van der Waals surface area contributed by atoms with E-state index >= 15 is 0 Å². The SMILES string of the molecule is C=CCOC(=O)NS(=O)(=O)F. The molecule has 0 aromatic heterocycles. The van der Waals surface area contributed by atoms with Crippen LogP contribution in [0.2, 0.25) is 0 Å². The quantitative estimate of drug-likeness (QED) is 0.498. The third-order valence-electron chi connectivity index (χ3n) is 0.538. The summed E-state index contributed by atoms with van der Waals surface area (Å²) in [6.07, 6.45) is -0.155. The normalized spacial score (nSPS) is 10.3. The molecule has 0 aromatic rings. The molecule has 0 saturated carbocycles. The number of amides is 1. The van der Waals surface area contributed by atoms with Crippen molar-refractivity contribution in [2.24, 2.45) is 0 Å². The van der Waals surface area contributed by atoms with E-state index in [1.54, 1.807) is 0 Å². The van der Waals surface area contributed by atoms with Crippen molar-refractivity contribution in [3.63, 3.8) is 0 Å². The Morgan fingerprint density at radius 2 is 2.27 bits per heavy atom. The zero-order chi connectivity index (χ0) is 8.91. The summed E-state index contributed by atoms with van der Waals surface area (Å²) in [6, 6.07) is 0. The Hall–Kier alpha value is -1.11. The van der Waals surface area contributed by atoms with Crippen molar-refractivity contribution in [2.45, 2.75) is 0 Å². The van der Waals surface area contributed by atoms with Crippen LogP contribution in [0.15, 0.2) is 12.7 Å². The van der Waals surface area contributed by atoms with Gasteiger partial charge in [-0.2, -0.15) is 13.1 Å². The van der Waals surface area contributed by atoms with Crippen LogP contribution in [0.4, 0.5) is 8.68 Å². The monoisotopic (exact) mass is 183 g/mol. The molecule has 7 heteroatoms. The fourth-order valence-electron chi connectivity index (χ4n) is 0.264. The molecule has 0 aliphatic carbocycles. The van der Waals surface area contributed by atoms with E-state index in [-0.39, 0.29) is 6.61 Å². The molecular formula is C4H6FNO4S. The van der Waals surface area contributed by atoms with Crippen molar-refractivity contribution < 1.29 is 21.8 Å². The van der Waals surface area contributed by atoms with Gasteiger partial charge in [0.2, 0.25) is 0 Å². The number of hydrogen-bond donors (Lipinski definition) is 1. The first-order valence-electron chi connectivity index (χ1n) is 2.46. The van der Waals surface area contributed by atoms with Gasteiger partial charge in [0.25, 0.3) is 0 Å². The predicted octanol–water partition coefficient (Wildman–Crippen LogP) is 0.113. The van der Waals surface area contributed by atoms with Gasteiger partial charge >= 0.3 is 16.5 Å². The van der Waals surface area contributed by atoms with Crippen LogP contribution < -0.4 is 4.72 Å². The third-order valence-corrected chi connectivity index (χ3v) is 0.948. The lowest BCUT2D eigenvalue weighted by molar-refractivity contribution is 0.164. The van der Waals surface area contributed by atoms with Gasteiger partial charge in [0.1, 0.15) is 6.61 Å². The average Bonchev–Trinajstić information content (AvgIpc) is 1.79. The number of ether oxygens (including phenoxy) is 1. The van der Waals surface area contributed by atoms with Gasteiger partial charge in [0.05, 0.1) is 0 Å². The fourth-order valence-corrected chi connectivity index (χ4v) is 0.522. The van der Waals surface area contributed by atoms with Gasteiger partial charge in [0, 0.05) is 0 Å². The van der Waals surface area contributed by atoms with Crippen LogP contribution >= 0.6 is 0 Å². The molecule has 11 heavy (non-hydrogen) atoms. The largest absolute Gasteiger partial charge is 0.445 e. The Labute approximate surface area is 63.2 Å². The van der Waals surface area contributed by atoms with Crippen molar-refractivity contribution in [1.82, 2.24) is 4.72 Å². The maximum Gasteiger partial charge on any atom is 0.423 e. The number of rotatable bonds is 3. The Morgan fingerprint density at radius 1 is 1.73 bits per heavy atom. The molecule has 0 heterocycles. The topological polar surface area (TPSA) is 72.5 Å². The summed E-state index contributed by atoms with van der Waals surface area (Å²) in [5.41, 5.74) is 0. The van der Waals surface area contributed by atoms with Gasteiger partial charge in [-0.3, -0.25) is 0 Å². The summed E-state index contributed by atoms with van der Waals surface area (Å²) in [4.78, 5) is 10.2. The van der Waals surface area contributed by atoms with Crippen LogP contribution in [0.3, 0.4) is 0 Å². The Morgan fingerprint density at radius 3 is 2.64 bits per heavy atom. The van der Waals surface area contributed by atoms with E-state index in [9.17, 15) is 17.1 Å². The lowest BCUT2D eigenvalue weighted by Gasteiger charge is -1.98. The van der Waals surface area contributed by atoms with E-state index in [1.165, 1.54) is 6.08 Å². The Balaban J connectivity index is 3.80. The van der Waals surface area contributed by atoms with Crippen LogP contribution in [0.1, 0.15) is 0 Å². The number of carbonyl (C=O) groups is 1. The number of carbonyl (C=O) groups excluding carboxylic acids is 1. The van der Waals surface area contributed by atoms with Gasteiger partial charge in [-0.05, 0) is 0 Å². The van der Waals surface area contributed by atoms with E-state index in [1.807, 2.05) is 0 Å². The summed E-state index contributed by atoms with van der Waals surface area (Å²) < 4.78 is 36.0. The minimum atomic E-state index is -5.01. The Kier molecular flexibility index (Phi) is 3.52. The van der Waals surface area contributed by atoms with Gasteiger partial charge < -0.3 is 4.74 Å². The molecule has 0 spiro atoms. The second-order valence-electron chi connectivity index (χ2n) is 1.43. The first-order valence-corrected chi connectivity index (χ1v) is 3.84. The molecule has 0 saturated heterocycles. The minimum absolute atomic E-state index is 0.179. The van der Waals surface area contributed by atoms with Crippen molar-refractivity contribution >= 4 is 16.5 Å². The highest BCUT2D eigenvalue weighted by atomic mass is 32.3. The highest BCUT2D eigenvalue weighted by Gasteiger charge is 2.11. The van der Waals surface area contributed by atoms with Gasteiger partial charge in [-0.1, -0.05) is 16.5 Å². The minimum Gasteiger partial charge on any atom is -0.445 e. The molecule has 5 nitrogen and oxygen atoms in total. The lowest BCUT2D eigenvalue weighted by Crippen LogP contribution is -2.27. The van der Waals surface area contributed by atoms with Gasteiger partial charge in [-0.15, -0.1) is 0 Å². The highest BCUT2D eigenvalue weighted by molar-refractivity contribution is 7.84. The van der Waals surface area contributed by atoms with E-state index in [0.717, 1.165) is 4.72 Å². The summed E-state index contributed by atoms with van der Waals surface area (Å²) in [6.45, 7) is 3.00. The second kappa shape index (κ2) is 3.91. The predicted molar refractivity (Wildman–Crippen MR) is 34.7 cm³/mol. The van der Waals surface area contributed by atoms with Gasteiger partial charge in [0.15, 0.2) is 0 Å². The van der Waals surface area contributed by atoms with Crippen LogP contribution in [-0.2, 0) is 15.1 Å². The van der Waals surface area contributed by atoms with Crippen molar-refractivity contribution in [3.05, 3.63) is 12.7 Å². The van der Waals surface area contributed by atoms with Crippen LogP contribution in [0.5, 0.6) is 0 Å². The fraction of sp³-hybridized carbons (Fsp3) is 0.250. The molecule has 0 aliphatic rings. The van der Waals surface area contributed by atoms with Crippen molar-refractivity contribution in [2.75, 3.05) is 6.61 Å². The molecule has 0 aromatic carbocycles. The van der Waals surface area contributed by atoms with Crippen LogP contribution in [0.25, 0.3) is 0 Å². The molecule has 1 N–H and O–H groups in total.